The number of aromatic carboxylic acids is 1. The van der Waals surface area contributed by atoms with Gasteiger partial charge in [-0.3, -0.25) is 4.57 Å². The summed E-state index contributed by atoms with van der Waals surface area (Å²) in [5.74, 6) is -2.57. The van der Waals surface area contributed by atoms with Gasteiger partial charge in [0.05, 0.1) is 16.6 Å². The van der Waals surface area contributed by atoms with Gasteiger partial charge in [-0.2, -0.15) is 13.2 Å². The normalized spacial score (nSPS) is 12.0. The molecule has 0 aliphatic carbocycles. The first-order valence-corrected chi connectivity index (χ1v) is 12.2. The Hall–Kier alpha value is -5.19. The van der Waals surface area contributed by atoms with Gasteiger partial charge in [-0.05, 0) is 67.4 Å². The Balaban J connectivity index is 1.78. The molecule has 0 fully saturated rings. The van der Waals surface area contributed by atoms with Crippen molar-refractivity contribution in [3.63, 3.8) is 0 Å². The van der Waals surface area contributed by atoms with Crippen molar-refractivity contribution in [1.29, 1.82) is 0 Å². The minimum Gasteiger partial charge on any atom is -0.507 e. The molecule has 1 heterocycles. The number of hydrogen-bond acceptors (Lipinski definition) is 5. The van der Waals surface area contributed by atoms with Gasteiger partial charge < -0.3 is 15.3 Å². The second-order valence-corrected chi connectivity index (χ2v) is 9.35. The molecule has 0 saturated heterocycles. The summed E-state index contributed by atoms with van der Waals surface area (Å²) in [5.41, 5.74) is -0.628. The average molecular weight is 564 g/mol. The number of carboxylic acid groups (broad SMARTS) is 1. The number of halogens is 4. The van der Waals surface area contributed by atoms with E-state index in [1.807, 2.05) is 0 Å². The van der Waals surface area contributed by atoms with Gasteiger partial charge >= 0.3 is 12.1 Å². The topological polar surface area (TPSA) is 107 Å². The summed E-state index contributed by atoms with van der Waals surface area (Å²) in [7, 11) is 0. The van der Waals surface area contributed by atoms with Crippen LogP contribution in [0.5, 0.6) is 11.6 Å². The fourth-order valence-electron chi connectivity index (χ4n) is 4.69. The van der Waals surface area contributed by atoms with Gasteiger partial charge in [-0.1, -0.05) is 30.3 Å². The van der Waals surface area contributed by atoms with Crippen LogP contribution >= 0.6 is 0 Å². The lowest BCUT2D eigenvalue weighted by Gasteiger charge is -2.12. The fraction of sp³-hybridized carbons (Fsp3) is 0.100. The van der Waals surface area contributed by atoms with Crippen molar-refractivity contribution in [2.75, 3.05) is 0 Å². The number of phenolic OH excluding ortho intramolecular Hbond substituents is 1. The summed E-state index contributed by atoms with van der Waals surface area (Å²) in [4.78, 5) is 12.0. The van der Waals surface area contributed by atoms with Crippen molar-refractivity contribution in [3.05, 3.63) is 101 Å². The Bertz CT molecular complexity index is 1850. The number of fused-ring (bicyclic) bond motifs is 1. The fourth-order valence-corrected chi connectivity index (χ4v) is 4.69. The zero-order valence-electron chi connectivity index (χ0n) is 21.5. The highest BCUT2D eigenvalue weighted by molar-refractivity contribution is 5.99. The number of azo groups is 1. The van der Waals surface area contributed by atoms with Crippen molar-refractivity contribution in [3.8, 4) is 28.4 Å². The van der Waals surface area contributed by atoms with Crippen LogP contribution in [0.2, 0.25) is 0 Å². The third-order valence-electron chi connectivity index (χ3n) is 6.63. The van der Waals surface area contributed by atoms with Crippen molar-refractivity contribution in [1.82, 2.24) is 4.57 Å². The molecule has 3 N–H and O–H groups in total. The number of carbonyl (C=O) groups is 1. The Labute approximate surface area is 230 Å². The molecule has 7 nitrogen and oxygen atoms in total. The molecule has 0 bridgehead atoms. The Kier molecular flexibility index (Phi) is 6.74. The molecule has 1 aromatic heterocycles. The summed E-state index contributed by atoms with van der Waals surface area (Å²) >= 11 is 0. The van der Waals surface area contributed by atoms with Crippen LogP contribution in [0.25, 0.3) is 27.7 Å². The SMILES string of the molecule is Cc1cc(-n2c(O)c(N=Nc3c(C(=O)O)cccc3-c3ccccc3O)c3ccc(C(F)(F)F)cc32)cc(C)c1F. The molecule has 0 radical (unpaired) electrons. The van der Waals surface area contributed by atoms with Crippen LogP contribution in [0.3, 0.4) is 0 Å². The highest BCUT2D eigenvalue weighted by Gasteiger charge is 2.32. The van der Waals surface area contributed by atoms with Gasteiger partial charge in [0, 0.05) is 22.2 Å². The summed E-state index contributed by atoms with van der Waals surface area (Å²) in [6, 6.07) is 16.0. The zero-order valence-corrected chi connectivity index (χ0v) is 21.5. The molecular formula is C30H21F4N3O4. The molecule has 0 aliphatic rings. The maximum Gasteiger partial charge on any atom is 0.416 e. The van der Waals surface area contributed by atoms with Crippen molar-refractivity contribution in [2.45, 2.75) is 20.0 Å². The Morgan fingerprint density at radius 2 is 1.46 bits per heavy atom. The van der Waals surface area contributed by atoms with Gasteiger partial charge in [0.15, 0.2) is 5.69 Å². The number of rotatable bonds is 5. The first-order chi connectivity index (χ1) is 19.4. The highest BCUT2D eigenvalue weighted by atomic mass is 19.4. The van der Waals surface area contributed by atoms with Gasteiger partial charge in [0.1, 0.15) is 17.3 Å². The molecule has 0 atom stereocenters. The monoisotopic (exact) mass is 563 g/mol. The second-order valence-electron chi connectivity index (χ2n) is 9.35. The van der Waals surface area contributed by atoms with E-state index in [1.54, 1.807) is 18.2 Å². The van der Waals surface area contributed by atoms with E-state index in [9.17, 15) is 37.7 Å². The number of alkyl halides is 3. The molecule has 11 heteroatoms. The van der Waals surface area contributed by atoms with Crippen molar-refractivity contribution in [2.24, 2.45) is 10.2 Å². The summed E-state index contributed by atoms with van der Waals surface area (Å²) < 4.78 is 56.3. The quantitative estimate of drug-likeness (QED) is 0.147. The van der Waals surface area contributed by atoms with Crippen LogP contribution in [0, 0.1) is 19.7 Å². The molecule has 5 rings (SSSR count). The molecule has 41 heavy (non-hydrogen) atoms. The molecule has 0 spiro atoms. The van der Waals surface area contributed by atoms with Crippen LogP contribution < -0.4 is 0 Å². The Morgan fingerprint density at radius 1 is 0.829 bits per heavy atom. The van der Waals surface area contributed by atoms with Crippen molar-refractivity contribution < 1.29 is 37.7 Å². The van der Waals surface area contributed by atoms with Gasteiger partial charge in [-0.25, -0.2) is 9.18 Å². The Morgan fingerprint density at radius 3 is 2.10 bits per heavy atom. The second kappa shape index (κ2) is 10.1. The third kappa shape index (κ3) is 4.86. The highest BCUT2D eigenvalue weighted by Crippen LogP contribution is 2.45. The smallest absolute Gasteiger partial charge is 0.416 e. The van der Waals surface area contributed by atoms with Crippen molar-refractivity contribution >= 4 is 28.2 Å². The van der Waals surface area contributed by atoms with Gasteiger partial charge in [0.25, 0.3) is 0 Å². The van der Waals surface area contributed by atoms with Crippen LogP contribution in [0.15, 0.2) is 83.0 Å². The zero-order chi connectivity index (χ0) is 29.6. The van der Waals surface area contributed by atoms with Crippen LogP contribution in [0.1, 0.15) is 27.0 Å². The molecule has 4 aromatic carbocycles. The number of phenols is 1. The van der Waals surface area contributed by atoms with E-state index in [2.05, 4.69) is 10.2 Å². The number of para-hydroxylation sites is 1. The van der Waals surface area contributed by atoms with Gasteiger partial charge in [-0.15, -0.1) is 10.2 Å². The van der Waals surface area contributed by atoms with Crippen LogP contribution in [-0.4, -0.2) is 25.9 Å². The number of benzene rings is 4. The van der Waals surface area contributed by atoms with E-state index < -0.39 is 29.4 Å². The minimum absolute atomic E-state index is 0.0794. The lowest BCUT2D eigenvalue weighted by Crippen LogP contribution is -2.05. The standard InChI is InChI=1S/C30H21F4N3O4/c1-15-12-18(13-16(2)25(15)31)37-23-14-17(30(32,33)34)10-11-21(23)27(28(37)39)36-35-26-20(7-5-8-22(26)29(40)41)19-6-3-4-9-24(19)38/h3-14,38-39H,1-2H3,(H,40,41). The van der Waals surface area contributed by atoms with E-state index in [-0.39, 0.29) is 61.5 Å². The number of aromatic hydroxyl groups is 2. The van der Waals surface area contributed by atoms with Crippen LogP contribution in [-0.2, 0) is 6.18 Å². The number of carboxylic acids is 1. The minimum atomic E-state index is -4.69. The summed E-state index contributed by atoms with van der Waals surface area (Å²) in [6.07, 6.45) is -4.69. The maximum absolute atomic E-state index is 14.4. The van der Waals surface area contributed by atoms with E-state index in [4.69, 9.17) is 0 Å². The predicted molar refractivity (Wildman–Crippen MR) is 144 cm³/mol. The van der Waals surface area contributed by atoms with E-state index in [0.717, 1.165) is 22.8 Å². The third-order valence-corrected chi connectivity index (χ3v) is 6.63. The maximum atomic E-state index is 14.4. The number of nitrogens with zero attached hydrogens (tertiary/aromatic N) is 3. The predicted octanol–water partition coefficient (Wildman–Crippen LogP) is 8.60. The molecule has 0 saturated carbocycles. The largest absolute Gasteiger partial charge is 0.507 e. The molecular weight excluding hydrogens is 542 g/mol. The van der Waals surface area contributed by atoms with E-state index in [0.29, 0.717) is 0 Å². The first-order valence-electron chi connectivity index (χ1n) is 12.2. The van der Waals surface area contributed by atoms with E-state index in [1.165, 1.54) is 50.2 Å². The molecule has 5 aromatic rings. The lowest BCUT2D eigenvalue weighted by molar-refractivity contribution is -0.137. The number of hydrogen-bond donors (Lipinski definition) is 3. The summed E-state index contributed by atoms with van der Waals surface area (Å²) in [5, 5.41) is 39.8. The summed E-state index contributed by atoms with van der Waals surface area (Å²) in [6.45, 7) is 2.97. The molecule has 0 aliphatic heterocycles. The van der Waals surface area contributed by atoms with E-state index >= 15 is 0 Å². The molecule has 208 valence electrons. The van der Waals surface area contributed by atoms with Gasteiger partial charge in [0.2, 0.25) is 5.88 Å². The molecule has 0 amide bonds. The average Bonchev–Trinajstić information content (AvgIpc) is 3.20. The number of aryl methyl sites for hydroxylation is 2. The molecule has 0 unspecified atom stereocenters. The first kappa shape index (κ1) is 27.4. The van der Waals surface area contributed by atoms with Crippen LogP contribution in [0.4, 0.5) is 28.9 Å². The lowest BCUT2D eigenvalue weighted by atomic mass is 9.99. The number of aromatic nitrogens is 1.